The summed E-state index contributed by atoms with van der Waals surface area (Å²) in [6.07, 6.45) is 2.23. The van der Waals surface area contributed by atoms with Gasteiger partial charge >= 0.3 is 11.9 Å². The average molecular weight is 382 g/mol. The molecule has 0 bridgehead atoms. The summed E-state index contributed by atoms with van der Waals surface area (Å²) in [4.78, 5) is 21.7. The lowest BCUT2D eigenvalue weighted by molar-refractivity contribution is -0.134. The van der Waals surface area contributed by atoms with E-state index in [2.05, 4.69) is 70.9 Å². The Hall–Kier alpha value is -2.96. The summed E-state index contributed by atoms with van der Waals surface area (Å²) in [6, 6.07) is 22.1. The molecule has 1 unspecified atom stereocenters. The summed E-state index contributed by atoms with van der Waals surface area (Å²) in [6.45, 7) is 4.42. The molecule has 1 aliphatic rings. The molecule has 1 heterocycles. The Morgan fingerprint density at radius 2 is 1.46 bits per heavy atom. The standard InChI is InChI=1S/C18H22N2.C4H4O4/c1-3-7-16(8-4-1)13-18-15-20(12-11-19-18)14-17-9-5-2-6-10-17;5-3(6)1-2-4(7)8/h1-10,18-19H,11-15H2;1-2H,(H,5,6)(H,7,8)/b;2-1+. The van der Waals surface area contributed by atoms with Crippen LogP contribution < -0.4 is 5.32 Å². The zero-order valence-corrected chi connectivity index (χ0v) is 15.7. The number of nitrogens with one attached hydrogen (secondary N) is 1. The fourth-order valence-electron chi connectivity index (χ4n) is 3.06. The van der Waals surface area contributed by atoms with Gasteiger partial charge in [-0.15, -0.1) is 0 Å². The summed E-state index contributed by atoms with van der Waals surface area (Å²) >= 11 is 0. The van der Waals surface area contributed by atoms with Crippen molar-refractivity contribution in [2.45, 2.75) is 19.0 Å². The van der Waals surface area contributed by atoms with E-state index < -0.39 is 11.9 Å². The largest absolute Gasteiger partial charge is 0.478 e. The van der Waals surface area contributed by atoms with Crippen LogP contribution in [0.15, 0.2) is 72.8 Å². The maximum atomic E-state index is 9.55. The van der Waals surface area contributed by atoms with Gasteiger partial charge in [0.25, 0.3) is 0 Å². The monoisotopic (exact) mass is 382 g/mol. The van der Waals surface area contributed by atoms with Crippen molar-refractivity contribution in [3.63, 3.8) is 0 Å². The molecule has 2 aromatic carbocycles. The van der Waals surface area contributed by atoms with Gasteiger partial charge in [0.1, 0.15) is 0 Å². The minimum absolute atomic E-state index is 0.558. The first kappa shape index (κ1) is 21.3. The van der Waals surface area contributed by atoms with Gasteiger partial charge in [0.05, 0.1) is 0 Å². The number of hydrogen-bond acceptors (Lipinski definition) is 4. The lowest BCUT2D eigenvalue weighted by Gasteiger charge is -2.33. The molecule has 1 saturated heterocycles. The van der Waals surface area contributed by atoms with Crippen LogP contribution in [-0.4, -0.2) is 52.7 Å². The smallest absolute Gasteiger partial charge is 0.328 e. The van der Waals surface area contributed by atoms with Gasteiger partial charge in [0.2, 0.25) is 0 Å². The van der Waals surface area contributed by atoms with Crippen molar-refractivity contribution >= 4 is 11.9 Å². The van der Waals surface area contributed by atoms with E-state index in [9.17, 15) is 9.59 Å². The van der Waals surface area contributed by atoms with Gasteiger partial charge in [-0.2, -0.15) is 0 Å². The molecule has 0 amide bonds. The second-order valence-corrected chi connectivity index (χ2v) is 6.57. The van der Waals surface area contributed by atoms with E-state index >= 15 is 0 Å². The number of carbonyl (C=O) groups is 2. The number of rotatable bonds is 6. The number of carboxylic acids is 2. The van der Waals surface area contributed by atoms with Crippen LogP contribution in [0.4, 0.5) is 0 Å². The molecule has 6 heteroatoms. The molecule has 0 aromatic heterocycles. The fraction of sp³-hybridized carbons (Fsp3) is 0.273. The van der Waals surface area contributed by atoms with Gasteiger partial charge in [-0.25, -0.2) is 9.59 Å². The fourth-order valence-corrected chi connectivity index (χ4v) is 3.06. The molecule has 0 spiro atoms. The first-order chi connectivity index (χ1) is 13.5. The molecule has 0 aliphatic carbocycles. The Kier molecular flexibility index (Phi) is 8.91. The number of hydrogen-bond donors (Lipinski definition) is 3. The van der Waals surface area contributed by atoms with Crippen LogP contribution in [0, 0.1) is 0 Å². The molecule has 0 saturated carbocycles. The minimum atomic E-state index is -1.26. The highest BCUT2D eigenvalue weighted by atomic mass is 16.4. The van der Waals surface area contributed by atoms with Crippen molar-refractivity contribution < 1.29 is 19.8 Å². The Morgan fingerprint density at radius 1 is 0.929 bits per heavy atom. The maximum Gasteiger partial charge on any atom is 0.328 e. The highest BCUT2D eigenvalue weighted by Crippen LogP contribution is 2.11. The topological polar surface area (TPSA) is 89.9 Å². The van der Waals surface area contributed by atoms with Crippen LogP contribution in [0.3, 0.4) is 0 Å². The van der Waals surface area contributed by atoms with Gasteiger partial charge in [-0.05, 0) is 17.5 Å². The zero-order chi connectivity index (χ0) is 20.2. The van der Waals surface area contributed by atoms with Crippen molar-refractivity contribution in [2.75, 3.05) is 19.6 Å². The molecular weight excluding hydrogens is 356 g/mol. The Labute approximate surface area is 165 Å². The molecule has 148 valence electrons. The molecule has 28 heavy (non-hydrogen) atoms. The first-order valence-corrected chi connectivity index (χ1v) is 9.20. The molecule has 2 aromatic rings. The van der Waals surface area contributed by atoms with Crippen LogP contribution in [0.1, 0.15) is 11.1 Å². The normalized spacial score (nSPS) is 16.9. The third kappa shape index (κ3) is 8.62. The molecule has 1 aliphatic heterocycles. The first-order valence-electron chi connectivity index (χ1n) is 9.20. The van der Waals surface area contributed by atoms with Crippen molar-refractivity contribution in [3.8, 4) is 0 Å². The molecule has 1 atom stereocenters. The molecule has 3 N–H and O–H groups in total. The van der Waals surface area contributed by atoms with E-state index in [1.807, 2.05) is 0 Å². The van der Waals surface area contributed by atoms with Crippen LogP contribution in [-0.2, 0) is 22.6 Å². The van der Waals surface area contributed by atoms with Gasteiger partial charge in [0, 0.05) is 44.4 Å². The summed E-state index contributed by atoms with van der Waals surface area (Å²) in [5.74, 6) is -2.51. The molecule has 0 radical (unpaired) electrons. The van der Waals surface area contributed by atoms with Gasteiger partial charge < -0.3 is 15.5 Å². The average Bonchev–Trinajstić information content (AvgIpc) is 2.69. The van der Waals surface area contributed by atoms with Crippen molar-refractivity contribution in [1.82, 2.24) is 10.2 Å². The summed E-state index contributed by atoms with van der Waals surface area (Å²) in [7, 11) is 0. The predicted molar refractivity (Wildman–Crippen MR) is 108 cm³/mol. The van der Waals surface area contributed by atoms with Crippen LogP contribution >= 0.6 is 0 Å². The number of benzene rings is 2. The number of carboxylic acid groups (broad SMARTS) is 2. The second-order valence-electron chi connectivity index (χ2n) is 6.57. The minimum Gasteiger partial charge on any atom is -0.478 e. The van der Waals surface area contributed by atoms with E-state index in [1.54, 1.807) is 0 Å². The summed E-state index contributed by atoms with van der Waals surface area (Å²) < 4.78 is 0. The molecule has 6 nitrogen and oxygen atoms in total. The van der Waals surface area contributed by atoms with Crippen molar-refractivity contribution in [3.05, 3.63) is 83.9 Å². The number of nitrogens with zero attached hydrogens (tertiary/aromatic N) is 1. The van der Waals surface area contributed by atoms with Crippen LogP contribution in [0.5, 0.6) is 0 Å². The maximum absolute atomic E-state index is 9.55. The highest BCUT2D eigenvalue weighted by Gasteiger charge is 2.19. The molecule has 3 rings (SSSR count). The van der Waals surface area contributed by atoms with Crippen LogP contribution in [0.25, 0.3) is 0 Å². The van der Waals surface area contributed by atoms with E-state index in [4.69, 9.17) is 10.2 Å². The molecular formula is C22H26N2O4. The summed E-state index contributed by atoms with van der Waals surface area (Å²) in [5, 5.41) is 19.3. The van der Waals surface area contributed by atoms with Gasteiger partial charge in [-0.3, -0.25) is 4.90 Å². The van der Waals surface area contributed by atoms with Crippen LogP contribution in [0.2, 0.25) is 0 Å². The number of aliphatic carboxylic acids is 2. The highest BCUT2D eigenvalue weighted by molar-refractivity contribution is 5.89. The van der Waals surface area contributed by atoms with E-state index in [1.165, 1.54) is 11.1 Å². The van der Waals surface area contributed by atoms with E-state index in [0.717, 1.165) is 32.6 Å². The molecule has 1 fully saturated rings. The SMILES string of the molecule is O=C(O)/C=C/C(=O)O.c1ccc(CC2CN(Cc3ccccc3)CCN2)cc1. The lowest BCUT2D eigenvalue weighted by atomic mass is 10.0. The van der Waals surface area contributed by atoms with Gasteiger partial charge in [-0.1, -0.05) is 60.7 Å². The predicted octanol–water partition coefficient (Wildman–Crippen LogP) is 2.41. The third-order valence-corrected chi connectivity index (χ3v) is 4.28. The van der Waals surface area contributed by atoms with Gasteiger partial charge in [0.15, 0.2) is 0 Å². The lowest BCUT2D eigenvalue weighted by Crippen LogP contribution is -2.51. The Balaban J connectivity index is 0.000000300. The van der Waals surface area contributed by atoms with E-state index in [-0.39, 0.29) is 0 Å². The van der Waals surface area contributed by atoms with Crippen molar-refractivity contribution in [2.24, 2.45) is 0 Å². The van der Waals surface area contributed by atoms with Crippen molar-refractivity contribution in [1.29, 1.82) is 0 Å². The Bertz CT molecular complexity index is 699. The Morgan fingerprint density at radius 3 is 2.00 bits per heavy atom. The quantitative estimate of drug-likeness (QED) is 0.665. The second kappa shape index (κ2) is 11.7. The zero-order valence-electron chi connectivity index (χ0n) is 15.7. The number of piperazine rings is 1. The van der Waals surface area contributed by atoms with E-state index in [0.29, 0.717) is 18.2 Å². The summed E-state index contributed by atoms with van der Waals surface area (Å²) in [5.41, 5.74) is 2.83. The third-order valence-electron chi connectivity index (χ3n) is 4.28.